The number of nitrogens with zero attached hydrogens (tertiary/aromatic N) is 1. The molecule has 0 saturated heterocycles. The molecule has 1 N–H and O–H groups in total. The van der Waals surface area contributed by atoms with Gasteiger partial charge in [-0.25, -0.2) is 4.98 Å². The first-order valence-corrected chi connectivity index (χ1v) is 7.94. The molecule has 0 bridgehead atoms. The van der Waals surface area contributed by atoms with Crippen molar-refractivity contribution < 1.29 is 4.74 Å². The minimum absolute atomic E-state index is 0.767. The van der Waals surface area contributed by atoms with Crippen molar-refractivity contribution in [2.75, 3.05) is 20.3 Å². The molecule has 108 valence electrons. The van der Waals surface area contributed by atoms with Gasteiger partial charge in [0.05, 0.1) is 12.3 Å². The molecular formula is C16H22N2OS. The number of methoxy groups -OCH3 is 1. The SMILES string of the molecule is CCCNCc1nc(-c2ccc(CCOC)cc2)cs1. The van der Waals surface area contributed by atoms with Gasteiger partial charge in [0, 0.05) is 24.6 Å². The highest BCUT2D eigenvalue weighted by Crippen LogP contribution is 2.22. The van der Waals surface area contributed by atoms with Crippen LogP contribution in [-0.2, 0) is 17.7 Å². The van der Waals surface area contributed by atoms with Crippen molar-refractivity contribution >= 4 is 11.3 Å². The average Bonchev–Trinajstić information content (AvgIpc) is 2.95. The second-order valence-electron chi connectivity index (χ2n) is 4.74. The molecular weight excluding hydrogens is 268 g/mol. The molecule has 0 aliphatic heterocycles. The maximum absolute atomic E-state index is 5.09. The summed E-state index contributed by atoms with van der Waals surface area (Å²) in [5.74, 6) is 0. The fourth-order valence-corrected chi connectivity index (χ4v) is 2.73. The van der Waals surface area contributed by atoms with E-state index >= 15 is 0 Å². The van der Waals surface area contributed by atoms with Crippen LogP contribution in [0.25, 0.3) is 11.3 Å². The topological polar surface area (TPSA) is 34.2 Å². The number of rotatable bonds is 8. The van der Waals surface area contributed by atoms with Gasteiger partial charge >= 0.3 is 0 Å². The Morgan fingerprint density at radius 2 is 2.05 bits per heavy atom. The summed E-state index contributed by atoms with van der Waals surface area (Å²) < 4.78 is 5.09. The van der Waals surface area contributed by atoms with Gasteiger partial charge in [-0.2, -0.15) is 0 Å². The fourth-order valence-electron chi connectivity index (χ4n) is 1.96. The van der Waals surface area contributed by atoms with Crippen molar-refractivity contribution in [3.63, 3.8) is 0 Å². The minimum Gasteiger partial charge on any atom is -0.384 e. The average molecular weight is 290 g/mol. The maximum Gasteiger partial charge on any atom is 0.107 e. The number of thiazole rings is 1. The van der Waals surface area contributed by atoms with Crippen LogP contribution in [0.4, 0.5) is 0 Å². The largest absolute Gasteiger partial charge is 0.384 e. The van der Waals surface area contributed by atoms with Gasteiger partial charge in [-0.3, -0.25) is 0 Å². The molecule has 0 saturated carbocycles. The Hall–Kier alpha value is -1.23. The van der Waals surface area contributed by atoms with E-state index in [0.29, 0.717) is 0 Å². The van der Waals surface area contributed by atoms with E-state index in [1.165, 1.54) is 11.1 Å². The van der Waals surface area contributed by atoms with Gasteiger partial charge < -0.3 is 10.1 Å². The Bertz CT molecular complexity index is 507. The summed E-state index contributed by atoms with van der Waals surface area (Å²) in [6.07, 6.45) is 2.11. The molecule has 4 heteroatoms. The standard InChI is InChI=1S/C16H22N2OS/c1-3-9-17-11-16-18-15(12-20-16)14-6-4-13(5-7-14)8-10-19-2/h4-7,12,17H,3,8-11H2,1-2H3. The molecule has 0 aliphatic carbocycles. The Morgan fingerprint density at radius 3 is 2.75 bits per heavy atom. The predicted molar refractivity (Wildman–Crippen MR) is 85.1 cm³/mol. The second kappa shape index (κ2) is 8.15. The van der Waals surface area contributed by atoms with E-state index in [-0.39, 0.29) is 0 Å². The molecule has 0 unspecified atom stereocenters. The number of benzene rings is 1. The van der Waals surface area contributed by atoms with Gasteiger partial charge in [0.15, 0.2) is 0 Å². The number of ether oxygens (including phenoxy) is 1. The van der Waals surface area contributed by atoms with E-state index in [0.717, 1.165) is 43.2 Å². The third-order valence-electron chi connectivity index (χ3n) is 3.10. The third-order valence-corrected chi connectivity index (χ3v) is 3.95. The Morgan fingerprint density at radius 1 is 1.25 bits per heavy atom. The van der Waals surface area contributed by atoms with E-state index in [4.69, 9.17) is 4.74 Å². The van der Waals surface area contributed by atoms with Crippen LogP contribution in [-0.4, -0.2) is 25.2 Å². The summed E-state index contributed by atoms with van der Waals surface area (Å²) >= 11 is 1.72. The van der Waals surface area contributed by atoms with Crippen molar-refractivity contribution in [2.45, 2.75) is 26.3 Å². The molecule has 0 spiro atoms. The second-order valence-corrected chi connectivity index (χ2v) is 5.69. The molecule has 1 aromatic heterocycles. The highest BCUT2D eigenvalue weighted by molar-refractivity contribution is 7.09. The molecule has 0 amide bonds. The van der Waals surface area contributed by atoms with Crippen LogP contribution >= 0.6 is 11.3 Å². The highest BCUT2D eigenvalue weighted by atomic mass is 32.1. The molecule has 0 fully saturated rings. The smallest absolute Gasteiger partial charge is 0.107 e. The van der Waals surface area contributed by atoms with Crippen LogP contribution in [0.15, 0.2) is 29.6 Å². The third kappa shape index (κ3) is 4.40. The monoisotopic (exact) mass is 290 g/mol. The van der Waals surface area contributed by atoms with Crippen LogP contribution < -0.4 is 5.32 Å². The van der Waals surface area contributed by atoms with Gasteiger partial charge in [-0.05, 0) is 24.9 Å². The summed E-state index contributed by atoms with van der Waals surface area (Å²) in [4.78, 5) is 4.68. The maximum atomic E-state index is 5.09. The molecule has 1 heterocycles. The molecule has 20 heavy (non-hydrogen) atoms. The number of aromatic nitrogens is 1. The highest BCUT2D eigenvalue weighted by Gasteiger charge is 2.04. The Balaban J connectivity index is 1.97. The van der Waals surface area contributed by atoms with Crippen molar-refractivity contribution in [1.29, 1.82) is 0 Å². The molecule has 2 rings (SSSR count). The summed E-state index contributed by atoms with van der Waals surface area (Å²) in [6.45, 7) is 4.85. The van der Waals surface area contributed by atoms with Crippen molar-refractivity contribution in [1.82, 2.24) is 10.3 Å². The first-order chi connectivity index (χ1) is 9.83. The zero-order chi connectivity index (χ0) is 14.2. The lowest BCUT2D eigenvalue weighted by Crippen LogP contribution is -2.13. The zero-order valence-corrected chi connectivity index (χ0v) is 13.0. The number of hydrogen-bond acceptors (Lipinski definition) is 4. The summed E-state index contributed by atoms with van der Waals surface area (Å²) in [6, 6.07) is 8.60. The Labute approximate surface area is 125 Å². The van der Waals surface area contributed by atoms with E-state index in [1.54, 1.807) is 18.4 Å². The normalized spacial score (nSPS) is 10.9. The van der Waals surface area contributed by atoms with Gasteiger partial charge in [-0.15, -0.1) is 11.3 Å². The van der Waals surface area contributed by atoms with Gasteiger partial charge in [0.2, 0.25) is 0 Å². The number of hydrogen-bond donors (Lipinski definition) is 1. The van der Waals surface area contributed by atoms with E-state index in [2.05, 4.69) is 46.9 Å². The predicted octanol–water partition coefficient (Wildman–Crippen LogP) is 3.50. The van der Waals surface area contributed by atoms with Crippen molar-refractivity contribution in [3.05, 3.63) is 40.2 Å². The quantitative estimate of drug-likeness (QED) is 0.756. The van der Waals surface area contributed by atoms with Crippen LogP contribution in [0.1, 0.15) is 23.9 Å². The first-order valence-electron chi connectivity index (χ1n) is 7.07. The van der Waals surface area contributed by atoms with Gasteiger partial charge in [0.1, 0.15) is 5.01 Å². The Kier molecular flexibility index (Phi) is 6.18. The molecule has 0 aliphatic rings. The first kappa shape index (κ1) is 15.2. The van der Waals surface area contributed by atoms with Crippen LogP contribution in [0.5, 0.6) is 0 Å². The van der Waals surface area contributed by atoms with Crippen molar-refractivity contribution in [2.24, 2.45) is 0 Å². The lowest BCUT2D eigenvalue weighted by Gasteiger charge is -2.02. The lowest BCUT2D eigenvalue weighted by molar-refractivity contribution is 0.202. The summed E-state index contributed by atoms with van der Waals surface area (Å²) in [7, 11) is 1.73. The lowest BCUT2D eigenvalue weighted by atomic mass is 10.1. The molecule has 0 atom stereocenters. The van der Waals surface area contributed by atoms with Crippen LogP contribution in [0.2, 0.25) is 0 Å². The molecule has 0 radical (unpaired) electrons. The van der Waals surface area contributed by atoms with Crippen LogP contribution in [0, 0.1) is 0 Å². The van der Waals surface area contributed by atoms with E-state index < -0.39 is 0 Å². The summed E-state index contributed by atoms with van der Waals surface area (Å²) in [5, 5.41) is 6.66. The van der Waals surface area contributed by atoms with Crippen LogP contribution in [0.3, 0.4) is 0 Å². The zero-order valence-electron chi connectivity index (χ0n) is 12.2. The van der Waals surface area contributed by atoms with E-state index in [1.807, 2.05) is 0 Å². The van der Waals surface area contributed by atoms with Crippen molar-refractivity contribution in [3.8, 4) is 11.3 Å². The molecule has 2 aromatic rings. The minimum atomic E-state index is 0.767. The number of nitrogens with one attached hydrogen (secondary N) is 1. The van der Waals surface area contributed by atoms with Gasteiger partial charge in [0.25, 0.3) is 0 Å². The summed E-state index contributed by atoms with van der Waals surface area (Å²) in [5.41, 5.74) is 3.56. The van der Waals surface area contributed by atoms with E-state index in [9.17, 15) is 0 Å². The molecule has 1 aromatic carbocycles. The van der Waals surface area contributed by atoms with Gasteiger partial charge in [-0.1, -0.05) is 31.2 Å². The fraction of sp³-hybridized carbons (Fsp3) is 0.438. The molecule has 3 nitrogen and oxygen atoms in total.